The summed E-state index contributed by atoms with van der Waals surface area (Å²) < 4.78 is 0.363. The van der Waals surface area contributed by atoms with Gasteiger partial charge in [-0.1, -0.05) is 42.2 Å². The number of amides is 2. The zero-order chi connectivity index (χ0) is 28.7. The summed E-state index contributed by atoms with van der Waals surface area (Å²) >= 11 is 12.5. The molecule has 2 amide bonds. The molecule has 0 aromatic carbocycles. The maximum atomic E-state index is 12.5. The summed E-state index contributed by atoms with van der Waals surface area (Å²) in [5.41, 5.74) is -2.88. The van der Waals surface area contributed by atoms with Crippen LogP contribution in [0.1, 0.15) is 19.3 Å². The molecular weight excluding hydrogens is 784 g/mol. The van der Waals surface area contributed by atoms with Gasteiger partial charge in [-0.2, -0.15) is 0 Å². The molecule has 39 heavy (non-hydrogen) atoms. The minimum absolute atomic E-state index is 0.0217. The van der Waals surface area contributed by atoms with E-state index in [0.29, 0.717) is 0 Å². The Morgan fingerprint density at radius 2 is 1.31 bits per heavy atom. The normalized spacial score (nSPS) is 33.6. The Balaban J connectivity index is 1.21. The second-order valence-electron chi connectivity index (χ2n) is 9.16. The number of oxime groups is 2. The highest BCUT2D eigenvalue weighted by atomic mass is 79.9. The van der Waals surface area contributed by atoms with Gasteiger partial charge in [0.05, 0.1) is 15.5 Å². The van der Waals surface area contributed by atoms with E-state index in [-0.39, 0.29) is 70.1 Å². The molecular formula is C22H20Br4N4O9. The van der Waals surface area contributed by atoms with Crippen molar-refractivity contribution in [3.05, 3.63) is 21.1 Å². The van der Waals surface area contributed by atoms with Crippen LogP contribution in [0.4, 0.5) is 0 Å². The van der Waals surface area contributed by atoms with Gasteiger partial charge in [-0.25, -0.2) is 0 Å². The van der Waals surface area contributed by atoms with E-state index in [2.05, 4.69) is 84.7 Å². The molecule has 4 aliphatic rings. The SMILES string of the molecule is O=C(CCNC(=O)C1=NO[C@@]2(C=C(Br)C(=O)[C@H](Br)[C@H]2O)C1)CNC(=O)C1=NO[C@@]2(C=C(Br)C(=O)[C@H](Br)[C@H]2O)C1. The number of allylic oxidation sites excluding steroid dienone is 2. The number of rotatable bonds is 7. The van der Waals surface area contributed by atoms with Crippen LogP contribution >= 0.6 is 63.7 Å². The van der Waals surface area contributed by atoms with E-state index in [1.165, 1.54) is 12.2 Å². The maximum Gasteiger partial charge on any atom is 0.269 e. The molecule has 2 heterocycles. The Morgan fingerprint density at radius 1 is 0.872 bits per heavy atom. The van der Waals surface area contributed by atoms with Crippen LogP contribution in [0.25, 0.3) is 0 Å². The molecule has 0 saturated heterocycles. The lowest BCUT2D eigenvalue weighted by Crippen LogP contribution is -2.52. The van der Waals surface area contributed by atoms with Crippen LogP contribution in [0.3, 0.4) is 0 Å². The van der Waals surface area contributed by atoms with E-state index in [9.17, 15) is 34.2 Å². The topological polar surface area (TPSA) is 193 Å². The highest BCUT2D eigenvalue weighted by molar-refractivity contribution is 9.12. The monoisotopic (exact) mass is 800 g/mol. The number of nitrogens with zero attached hydrogens (tertiary/aromatic N) is 2. The standard InChI is InChI=1S/C22H20Br4N4O9/c23-9-3-21(17(34)13(25)15(9)32)5-11(29-38-21)19(36)27-2-1-8(31)7-28-20(37)12-6-22(39-30-12)4-10(24)16(33)14(26)18(22)35/h3-4,13-14,17-18,34-35H,1-2,5-7H2,(H,27,36)(H,28,37)/t13-,14-,17+,18+,21-,22-/m0/s1. The number of hydrogen-bond acceptors (Lipinski definition) is 11. The third-order valence-corrected chi connectivity index (χ3v) is 9.54. The molecule has 0 unspecified atom stereocenters. The molecule has 0 aromatic rings. The lowest BCUT2D eigenvalue weighted by molar-refractivity contribution is -0.125. The first-order chi connectivity index (χ1) is 18.3. The zero-order valence-electron chi connectivity index (χ0n) is 19.7. The third kappa shape index (κ3) is 5.84. The molecule has 2 aliphatic heterocycles. The smallest absolute Gasteiger partial charge is 0.269 e. The van der Waals surface area contributed by atoms with Crippen molar-refractivity contribution < 1.29 is 43.9 Å². The Kier molecular flexibility index (Phi) is 8.97. The van der Waals surface area contributed by atoms with Gasteiger partial charge in [0.1, 0.15) is 33.3 Å². The second kappa shape index (κ2) is 11.6. The summed E-state index contributed by atoms with van der Waals surface area (Å²) in [4.78, 5) is 70.0. The van der Waals surface area contributed by atoms with Crippen molar-refractivity contribution >= 4 is 104 Å². The molecule has 0 bridgehead atoms. The summed E-state index contributed by atoms with van der Waals surface area (Å²) in [6, 6.07) is 0. The number of alkyl halides is 2. The predicted molar refractivity (Wildman–Crippen MR) is 149 cm³/mol. The van der Waals surface area contributed by atoms with Gasteiger partial charge >= 0.3 is 0 Å². The quantitative estimate of drug-likeness (QED) is 0.260. The summed E-state index contributed by atoms with van der Waals surface area (Å²) in [5.74, 6) is -2.42. The zero-order valence-corrected chi connectivity index (χ0v) is 26.0. The Hall–Kier alpha value is -1.79. The van der Waals surface area contributed by atoms with E-state index in [0.717, 1.165) is 0 Å². The van der Waals surface area contributed by atoms with Gasteiger partial charge in [0.2, 0.25) is 0 Å². The highest BCUT2D eigenvalue weighted by Gasteiger charge is 2.54. The molecule has 0 fully saturated rings. The maximum absolute atomic E-state index is 12.5. The largest absolute Gasteiger partial charge is 0.387 e. The summed E-state index contributed by atoms with van der Waals surface area (Å²) in [6.45, 7) is -0.402. The average Bonchev–Trinajstić information content (AvgIpc) is 3.53. The van der Waals surface area contributed by atoms with Crippen LogP contribution in [-0.4, -0.2) is 97.0 Å². The van der Waals surface area contributed by atoms with Crippen LogP contribution in [0.5, 0.6) is 0 Å². The Morgan fingerprint density at radius 3 is 1.77 bits per heavy atom. The lowest BCUT2D eigenvalue weighted by Gasteiger charge is -2.34. The van der Waals surface area contributed by atoms with Gasteiger partial charge in [-0.3, -0.25) is 24.0 Å². The molecule has 17 heteroatoms. The summed E-state index contributed by atoms with van der Waals surface area (Å²) in [5, 5.41) is 33.4. The molecule has 210 valence electrons. The number of ketones is 3. The number of carbonyl (C=O) groups excluding carboxylic acids is 5. The van der Waals surface area contributed by atoms with Crippen LogP contribution in [0, 0.1) is 0 Å². The number of halogens is 4. The van der Waals surface area contributed by atoms with E-state index in [1.54, 1.807) is 0 Å². The number of Topliss-reactive ketones (excluding diaryl/α,β-unsaturated/α-hetero) is 3. The van der Waals surface area contributed by atoms with E-state index >= 15 is 0 Å². The second-order valence-corrected chi connectivity index (χ2v) is 12.8. The first-order valence-electron chi connectivity index (χ1n) is 11.4. The minimum Gasteiger partial charge on any atom is -0.387 e. The van der Waals surface area contributed by atoms with E-state index < -0.39 is 44.9 Å². The lowest BCUT2D eigenvalue weighted by atomic mass is 9.83. The molecule has 2 spiro atoms. The Bertz CT molecular complexity index is 1270. The van der Waals surface area contributed by atoms with Crippen molar-refractivity contribution in [2.45, 2.75) is 52.3 Å². The van der Waals surface area contributed by atoms with Crippen molar-refractivity contribution in [1.82, 2.24) is 10.6 Å². The number of aliphatic hydroxyl groups excluding tert-OH is 2. The molecule has 13 nitrogen and oxygen atoms in total. The fourth-order valence-corrected chi connectivity index (χ4v) is 7.49. The van der Waals surface area contributed by atoms with Gasteiger partial charge in [-0.15, -0.1) is 0 Å². The van der Waals surface area contributed by atoms with Gasteiger partial charge < -0.3 is 30.5 Å². The third-order valence-electron chi connectivity index (χ3n) is 6.47. The molecule has 4 rings (SSSR count). The molecule has 0 radical (unpaired) electrons. The average molecular weight is 804 g/mol. The first kappa shape index (κ1) is 30.2. The van der Waals surface area contributed by atoms with Crippen molar-refractivity contribution in [3.8, 4) is 0 Å². The molecule has 0 saturated carbocycles. The van der Waals surface area contributed by atoms with Crippen molar-refractivity contribution in [1.29, 1.82) is 0 Å². The first-order valence-corrected chi connectivity index (χ1v) is 14.8. The van der Waals surface area contributed by atoms with Crippen LogP contribution < -0.4 is 10.6 Å². The predicted octanol–water partition coefficient (Wildman–Crippen LogP) is 0.180. The summed E-state index contributed by atoms with van der Waals surface area (Å²) in [7, 11) is 0. The summed E-state index contributed by atoms with van der Waals surface area (Å²) in [6.07, 6.45) is -0.160. The molecule has 4 N–H and O–H groups in total. The van der Waals surface area contributed by atoms with Crippen molar-refractivity contribution in [2.24, 2.45) is 10.3 Å². The molecule has 0 aromatic heterocycles. The van der Waals surface area contributed by atoms with E-state index in [4.69, 9.17) is 9.68 Å². The number of carbonyl (C=O) groups is 5. The van der Waals surface area contributed by atoms with E-state index in [1.807, 2.05) is 0 Å². The fourth-order valence-electron chi connectivity index (χ4n) is 4.22. The number of hydrogen-bond donors (Lipinski definition) is 4. The molecule has 2 aliphatic carbocycles. The van der Waals surface area contributed by atoms with Gasteiger partial charge in [-0.05, 0) is 44.0 Å². The Labute approximate surface area is 254 Å². The fraction of sp³-hybridized carbons (Fsp3) is 0.500. The van der Waals surface area contributed by atoms with Gasteiger partial charge in [0, 0.05) is 25.8 Å². The van der Waals surface area contributed by atoms with Crippen LogP contribution in [0.15, 0.2) is 31.4 Å². The minimum atomic E-state index is -1.41. The van der Waals surface area contributed by atoms with Crippen LogP contribution in [0.2, 0.25) is 0 Å². The van der Waals surface area contributed by atoms with Crippen LogP contribution in [-0.2, 0) is 33.6 Å². The van der Waals surface area contributed by atoms with Crippen molar-refractivity contribution in [2.75, 3.05) is 13.1 Å². The van der Waals surface area contributed by atoms with Gasteiger partial charge in [0.15, 0.2) is 28.6 Å². The number of aliphatic hydroxyl groups is 2. The van der Waals surface area contributed by atoms with Crippen molar-refractivity contribution in [3.63, 3.8) is 0 Å². The molecule has 6 atom stereocenters. The van der Waals surface area contributed by atoms with Gasteiger partial charge in [0.25, 0.3) is 11.8 Å². The number of nitrogens with one attached hydrogen (secondary N) is 2. The highest BCUT2D eigenvalue weighted by Crippen LogP contribution is 2.41.